The Morgan fingerprint density at radius 3 is 2.41 bits per heavy atom. The van der Waals surface area contributed by atoms with Gasteiger partial charge in [0.2, 0.25) is 5.91 Å². The number of aliphatic carboxylic acids is 1. The SMILES string of the molecule is COc1cccc(CC(=O)N2CCN(C(=O)[C@@H]3CC[C@H](C(=O)O)O3)CC2)c1. The molecule has 1 aromatic carbocycles. The highest BCUT2D eigenvalue weighted by Crippen LogP contribution is 2.22. The Hall–Kier alpha value is -2.61. The molecule has 0 saturated carbocycles. The quantitative estimate of drug-likeness (QED) is 0.806. The summed E-state index contributed by atoms with van der Waals surface area (Å²) in [6, 6.07) is 7.41. The molecule has 8 nitrogen and oxygen atoms in total. The van der Waals surface area contributed by atoms with Gasteiger partial charge in [0.1, 0.15) is 11.9 Å². The first kappa shape index (κ1) is 19.2. The van der Waals surface area contributed by atoms with E-state index in [4.69, 9.17) is 14.6 Å². The van der Waals surface area contributed by atoms with Crippen molar-refractivity contribution in [1.29, 1.82) is 0 Å². The van der Waals surface area contributed by atoms with Crippen molar-refractivity contribution in [1.82, 2.24) is 9.80 Å². The Labute approximate surface area is 157 Å². The van der Waals surface area contributed by atoms with Crippen LogP contribution in [-0.4, -0.2) is 78.2 Å². The molecule has 2 heterocycles. The number of piperazine rings is 1. The van der Waals surface area contributed by atoms with E-state index in [2.05, 4.69) is 0 Å². The first-order valence-corrected chi connectivity index (χ1v) is 9.05. The summed E-state index contributed by atoms with van der Waals surface area (Å²) >= 11 is 0. The van der Waals surface area contributed by atoms with Crippen molar-refractivity contribution in [3.8, 4) is 5.75 Å². The topological polar surface area (TPSA) is 96.4 Å². The lowest BCUT2D eigenvalue weighted by Crippen LogP contribution is -2.53. The number of hydrogen-bond acceptors (Lipinski definition) is 5. The van der Waals surface area contributed by atoms with Crippen LogP contribution in [0.4, 0.5) is 0 Å². The zero-order valence-corrected chi connectivity index (χ0v) is 15.3. The number of amides is 2. The summed E-state index contributed by atoms with van der Waals surface area (Å²) in [4.78, 5) is 39.4. The lowest BCUT2D eigenvalue weighted by Gasteiger charge is -2.35. The fourth-order valence-corrected chi connectivity index (χ4v) is 3.45. The van der Waals surface area contributed by atoms with Gasteiger partial charge in [-0.1, -0.05) is 12.1 Å². The van der Waals surface area contributed by atoms with Gasteiger partial charge in [0.05, 0.1) is 13.5 Å². The lowest BCUT2D eigenvalue weighted by atomic mass is 10.1. The van der Waals surface area contributed by atoms with Crippen molar-refractivity contribution in [3.63, 3.8) is 0 Å². The number of methoxy groups -OCH3 is 1. The molecular weight excluding hydrogens is 352 g/mol. The second-order valence-corrected chi connectivity index (χ2v) is 6.76. The van der Waals surface area contributed by atoms with Crippen LogP contribution in [0.1, 0.15) is 18.4 Å². The maximum Gasteiger partial charge on any atom is 0.332 e. The van der Waals surface area contributed by atoms with Crippen LogP contribution in [0.25, 0.3) is 0 Å². The molecule has 1 aromatic rings. The van der Waals surface area contributed by atoms with Crippen molar-refractivity contribution < 1.29 is 29.0 Å². The first-order valence-electron chi connectivity index (χ1n) is 9.05. The van der Waals surface area contributed by atoms with Crippen LogP contribution in [0.15, 0.2) is 24.3 Å². The number of nitrogens with zero attached hydrogens (tertiary/aromatic N) is 2. The third-order valence-electron chi connectivity index (χ3n) is 5.00. The molecule has 0 bridgehead atoms. The van der Waals surface area contributed by atoms with Gasteiger partial charge in [0.25, 0.3) is 5.91 Å². The zero-order valence-electron chi connectivity index (χ0n) is 15.3. The third-order valence-corrected chi connectivity index (χ3v) is 5.00. The molecule has 0 spiro atoms. The molecule has 0 unspecified atom stereocenters. The van der Waals surface area contributed by atoms with E-state index < -0.39 is 18.2 Å². The van der Waals surface area contributed by atoms with E-state index in [-0.39, 0.29) is 18.2 Å². The molecule has 0 aromatic heterocycles. The van der Waals surface area contributed by atoms with Gasteiger partial charge in [-0.3, -0.25) is 9.59 Å². The molecule has 0 radical (unpaired) electrons. The minimum absolute atomic E-state index is 0.0124. The number of carboxylic acids is 1. The predicted molar refractivity (Wildman–Crippen MR) is 95.4 cm³/mol. The monoisotopic (exact) mass is 376 g/mol. The molecule has 27 heavy (non-hydrogen) atoms. The van der Waals surface area contributed by atoms with Gasteiger partial charge in [-0.2, -0.15) is 0 Å². The largest absolute Gasteiger partial charge is 0.497 e. The number of benzene rings is 1. The lowest BCUT2D eigenvalue weighted by molar-refractivity contribution is -0.156. The molecule has 2 aliphatic heterocycles. The van der Waals surface area contributed by atoms with E-state index in [1.54, 1.807) is 16.9 Å². The van der Waals surface area contributed by atoms with Gasteiger partial charge in [-0.15, -0.1) is 0 Å². The number of carbonyl (C=O) groups excluding carboxylic acids is 2. The minimum Gasteiger partial charge on any atom is -0.497 e. The second-order valence-electron chi connectivity index (χ2n) is 6.76. The zero-order chi connectivity index (χ0) is 19.4. The Morgan fingerprint density at radius 2 is 1.78 bits per heavy atom. The van der Waals surface area contributed by atoms with Crippen molar-refractivity contribution in [2.45, 2.75) is 31.5 Å². The number of ether oxygens (including phenoxy) is 2. The fraction of sp³-hybridized carbons (Fsp3) is 0.526. The number of hydrogen-bond donors (Lipinski definition) is 1. The highest BCUT2D eigenvalue weighted by Gasteiger charge is 2.37. The molecule has 3 rings (SSSR count). The van der Waals surface area contributed by atoms with Crippen molar-refractivity contribution in [3.05, 3.63) is 29.8 Å². The van der Waals surface area contributed by atoms with Crippen LogP contribution < -0.4 is 4.74 Å². The van der Waals surface area contributed by atoms with Gasteiger partial charge in [-0.25, -0.2) is 4.79 Å². The Bertz CT molecular complexity index is 714. The van der Waals surface area contributed by atoms with Gasteiger partial charge in [-0.05, 0) is 30.5 Å². The van der Waals surface area contributed by atoms with Crippen LogP contribution >= 0.6 is 0 Å². The van der Waals surface area contributed by atoms with E-state index in [1.807, 2.05) is 24.3 Å². The molecule has 2 fully saturated rings. The summed E-state index contributed by atoms with van der Waals surface area (Å²) in [5, 5.41) is 8.97. The highest BCUT2D eigenvalue weighted by molar-refractivity contribution is 5.83. The fourth-order valence-electron chi connectivity index (χ4n) is 3.45. The summed E-state index contributed by atoms with van der Waals surface area (Å²) in [5.74, 6) is -0.484. The Balaban J connectivity index is 1.49. The molecule has 2 saturated heterocycles. The van der Waals surface area contributed by atoms with E-state index in [0.29, 0.717) is 44.8 Å². The second kappa shape index (κ2) is 8.39. The maximum atomic E-state index is 12.5. The van der Waals surface area contributed by atoms with E-state index in [0.717, 1.165) is 5.56 Å². The van der Waals surface area contributed by atoms with Gasteiger partial charge in [0.15, 0.2) is 6.10 Å². The Morgan fingerprint density at radius 1 is 1.11 bits per heavy atom. The van der Waals surface area contributed by atoms with E-state index in [9.17, 15) is 14.4 Å². The number of carboxylic acid groups (broad SMARTS) is 1. The average Bonchev–Trinajstić information content (AvgIpc) is 3.18. The molecule has 2 amide bonds. The van der Waals surface area contributed by atoms with Crippen molar-refractivity contribution in [2.75, 3.05) is 33.3 Å². The van der Waals surface area contributed by atoms with Gasteiger partial charge >= 0.3 is 5.97 Å². The molecule has 146 valence electrons. The minimum atomic E-state index is -1.03. The number of carbonyl (C=O) groups is 3. The van der Waals surface area contributed by atoms with Crippen LogP contribution in [0.2, 0.25) is 0 Å². The third kappa shape index (κ3) is 4.57. The summed E-state index contributed by atoms with van der Waals surface area (Å²) in [5.41, 5.74) is 0.886. The van der Waals surface area contributed by atoms with Crippen molar-refractivity contribution in [2.24, 2.45) is 0 Å². The van der Waals surface area contributed by atoms with E-state index >= 15 is 0 Å². The summed E-state index contributed by atoms with van der Waals surface area (Å²) in [7, 11) is 1.59. The van der Waals surface area contributed by atoms with Crippen LogP contribution in [0.3, 0.4) is 0 Å². The van der Waals surface area contributed by atoms with Gasteiger partial charge < -0.3 is 24.4 Å². The summed E-state index contributed by atoms with van der Waals surface area (Å²) in [6.07, 6.45) is -0.526. The normalized spacial score (nSPS) is 22.6. The van der Waals surface area contributed by atoms with E-state index in [1.165, 1.54) is 0 Å². The van der Waals surface area contributed by atoms with Crippen LogP contribution in [0.5, 0.6) is 5.75 Å². The molecule has 0 aliphatic carbocycles. The van der Waals surface area contributed by atoms with Crippen molar-refractivity contribution >= 4 is 17.8 Å². The van der Waals surface area contributed by atoms with Gasteiger partial charge in [0, 0.05) is 26.2 Å². The molecular formula is C19H24N2O6. The average molecular weight is 376 g/mol. The van der Waals surface area contributed by atoms with Crippen LogP contribution in [-0.2, 0) is 25.5 Å². The molecule has 1 N–H and O–H groups in total. The summed E-state index contributed by atoms with van der Waals surface area (Å²) in [6.45, 7) is 1.79. The molecule has 8 heteroatoms. The Kier molecular flexibility index (Phi) is 5.95. The standard InChI is InChI=1S/C19H24N2O6/c1-26-14-4-2-3-13(11-14)12-17(22)20-7-9-21(10-8-20)18(23)15-5-6-16(27-15)19(24)25/h2-4,11,15-16H,5-10,12H2,1H3,(H,24,25)/t15-,16+/m0/s1. The predicted octanol–water partition coefficient (Wildman–Crippen LogP) is 0.541. The first-order chi connectivity index (χ1) is 13.0. The smallest absolute Gasteiger partial charge is 0.332 e. The molecule has 2 atom stereocenters. The highest BCUT2D eigenvalue weighted by atomic mass is 16.5. The maximum absolute atomic E-state index is 12.5. The number of rotatable bonds is 5. The molecule has 2 aliphatic rings. The summed E-state index contributed by atoms with van der Waals surface area (Å²) < 4.78 is 10.5. The van der Waals surface area contributed by atoms with Crippen LogP contribution in [0, 0.1) is 0 Å².